The second-order valence-corrected chi connectivity index (χ2v) is 8.49. The Morgan fingerprint density at radius 1 is 1.12 bits per heavy atom. The van der Waals surface area contributed by atoms with E-state index in [1.165, 1.54) is 0 Å². The van der Waals surface area contributed by atoms with E-state index >= 15 is 0 Å². The lowest BCUT2D eigenvalue weighted by Gasteiger charge is -2.17. The van der Waals surface area contributed by atoms with E-state index in [-0.39, 0.29) is 5.91 Å². The number of aryl methyl sites for hydroxylation is 1. The van der Waals surface area contributed by atoms with Crippen LogP contribution in [0.5, 0.6) is 5.75 Å². The molecule has 0 radical (unpaired) electrons. The number of ether oxygens (including phenoxy) is 1. The number of hydrogen-bond donors (Lipinski definition) is 0. The molecule has 1 aromatic heterocycles. The lowest BCUT2D eigenvalue weighted by molar-refractivity contribution is -0.130. The minimum absolute atomic E-state index is 0.0406. The predicted octanol–water partition coefficient (Wildman–Crippen LogP) is 5.59. The number of methoxy groups -OCH3 is 1. The summed E-state index contributed by atoms with van der Waals surface area (Å²) in [5, 5.41) is 5.42. The van der Waals surface area contributed by atoms with Gasteiger partial charge in [-0.05, 0) is 60.6 Å². The van der Waals surface area contributed by atoms with Crippen molar-refractivity contribution in [2.45, 2.75) is 45.8 Å². The quantitative estimate of drug-likeness (QED) is 0.361. The maximum atomic E-state index is 12.7. The number of unbranched alkanes of at least 4 members (excludes halogenated alkanes) is 1. The maximum absolute atomic E-state index is 12.7. The molecule has 0 saturated carbocycles. The van der Waals surface area contributed by atoms with Gasteiger partial charge >= 0.3 is 0 Å². The zero-order valence-corrected chi connectivity index (χ0v) is 20.3. The van der Waals surface area contributed by atoms with Gasteiger partial charge in [-0.2, -0.15) is 5.10 Å². The molecule has 0 atom stereocenters. The molecule has 8 heteroatoms. The smallest absolute Gasteiger partial charge is 0.224 e. The molecule has 3 rings (SSSR count). The van der Waals surface area contributed by atoms with Crippen LogP contribution in [0.2, 0.25) is 5.02 Å². The van der Waals surface area contributed by atoms with Gasteiger partial charge in [0.15, 0.2) is 10.6 Å². The summed E-state index contributed by atoms with van der Waals surface area (Å²) in [6, 6.07) is 15.3. The highest BCUT2D eigenvalue weighted by molar-refractivity contribution is 7.71. The summed E-state index contributed by atoms with van der Waals surface area (Å²) in [5.41, 5.74) is 2.01. The molecule has 32 heavy (non-hydrogen) atoms. The fraction of sp³-hybridized carbons (Fsp3) is 0.375. The van der Waals surface area contributed by atoms with Gasteiger partial charge in [-0.1, -0.05) is 37.1 Å². The molecule has 0 N–H and O–H groups in total. The largest absolute Gasteiger partial charge is 0.497 e. The van der Waals surface area contributed by atoms with Crippen LogP contribution in [-0.4, -0.2) is 39.3 Å². The van der Waals surface area contributed by atoms with Crippen LogP contribution in [0.15, 0.2) is 48.5 Å². The van der Waals surface area contributed by atoms with Crippen LogP contribution in [0.1, 0.15) is 31.7 Å². The molecule has 2 aromatic carbocycles. The number of rotatable bonds is 10. The molecule has 6 nitrogen and oxygen atoms in total. The Bertz CT molecular complexity index is 1090. The van der Waals surface area contributed by atoms with Gasteiger partial charge in [-0.25, -0.2) is 4.68 Å². The fourth-order valence-electron chi connectivity index (χ4n) is 3.40. The SMILES string of the molecule is CCCCn1c(-c2ccc(Cl)cc2)nn(CCC(=O)N(C)Cc2ccc(OC)cc2)c1=S. The van der Waals surface area contributed by atoms with E-state index in [2.05, 4.69) is 6.92 Å². The highest BCUT2D eigenvalue weighted by Crippen LogP contribution is 2.22. The number of benzene rings is 2. The minimum Gasteiger partial charge on any atom is -0.497 e. The van der Waals surface area contributed by atoms with Crippen molar-refractivity contribution in [2.24, 2.45) is 0 Å². The summed E-state index contributed by atoms with van der Waals surface area (Å²) < 4.78 is 9.63. The second-order valence-electron chi connectivity index (χ2n) is 7.69. The number of carbonyl (C=O) groups excluding carboxylic acids is 1. The number of amides is 1. The van der Waals surface area contributed by atoms with E-state index in [1.54, 1.807) is 16.7 Å². The van der Waals surface area contributed by atoms with Crippen molar-refractivity contribution in [3.05, 3.63) is 63.9 Å². The van der Waals surface area contributed by atoms with Crippen LogP contribution in [0.3, 0.4) is 0 Å². The van der Waals surface area contributed by atoms with Gasteiger partial charge in [0.25, 0.3) is 0 Å². The Labute approximate surface area is 199 Å². The van der Waals surface area contributed by atoms with Gasteiger partial charge < -0.3 is 9.64 Å². The normalized spacial score (nSPS) is 10.9. The number of halogens is 1. The Morgan fingerprint density at radius 3 is 2.44 bits per heavy atom. The predicted molar refractivity (Wildman–Crippen MR) is 130 cm³/mol. The molecule has 0 spiro atoms. The van der Waals surface area contributed by atoms with E-state index < -0.39 is 0 Å². The van der Waals surface area contributed by atoms with Crippen molar-refractivity contribution >= 4 is 29.7 Å². The van der Waals surface area contributed by atoms with Gasteiger partial charge in [-0.3, -0.25) is 9.36 Å². The first-order valence-corrected chi connectivity index (χ1v) is 11.5. The summed E-state index contributed by atoms with van der Waals surface area (Å²) in [6.45, 7) is 3.91. The number of carbonyl (C=O) groups is 1. The third-order valence-corrected chi connectivity index (χ3v) is 5.99. The van der Waals surface area contributed by atoms with E-state index in [4.69, 9.17) is 33.7 Å². The Kier molecular flexibility index (Phi) is 8.47. The average molecular weight is 473 g/mol. The van der Waals surface area contributed by atoms with Crippen molar-refractivity contribution in [3.8, 4) is 17.1 Å². The third kappa shape index (κ3) is 5.99. The molecule has 0 aliphatic heterocycles. The zero-order chi connectivity index (χ0) is 23.1. The van der Waals surface area contributed by atoms with Crippen LogP contribution in [0, 0.1) is 4.77 Å². The number of hydrogen-bond acceptors (Lipinski definition) is 4. The lowest BCUT2D eigenvalue weighted by Crippen LogP contribution is -2.27. The molecule has 0 fully saturated rings. The molecule has 0 bridgehead atoms. The first-order chi connectivity index (χ1) is 15.4. The van der Waals surface area contributed by atoms with E-state index in [1.807, 2.05) is 60.1 Å². The standard InChI is InChI=1S/C24H29ClN4O2S/c1-4-5-15-28-23(19-8-10-20(25)11-9-19)26-29(24(28)32)16-14-22(30)27(2)17-18-6-12-21(31-3)13-7-18/h6-13H,4-5,14-17H2,1-3H3. The number of aromatic nitrogens is 3. The van der Waals surface area contributed by atoms with Crippen LogP contribution < -0.4 is 4.74 Å². The molecule has 1 heterocycles. The van der Waals surface area contributed by atoms with Crippen molar-refractivity contribution < 1.29 is 9.53 Å². The Balaban J connectivity index is 1.71. The molecule has 0 aliphatic rings. The van der Waals surface area contributed by atoms with Crippen molar-refractivity contribution in [1.82, 2.24) is 19.2 Å². The molecular weight excluding hydrogens is 444 g/mol. The van der Waals surface area contributed by atoms with E-state index in [0.717, 1.165) is 42.1 Å². The van der Waals surface area contributed by atoms with Crippen LogP contribution >= 0.6 is 23.8 Å². The molecule has 1 amide bonds. The lowest BCUT2D eigenvalue weighted by atomic mass is 10.2. The van der Waals surface area contributed by atoms with Gasteiger partial charge in [0.05, 0.1) is 13.7 Å². The van der Waals surface area contributed by atoms with Gasteiger partial charge in [0, 0.05) is 37.1 Å². The van der Waals surface area contributed by atoms with Crippen LogP contribution in [-0.2, 0) is 24.4 Å². The molecular formula is C24H29ClN4O2S. The molecule has 0 saturated heterocycles. The minimum atomic E-state index is 0.0406. The maximum Gasteiger partial charge on any atom is 0.224 e. The van der Waals surface area contributed by atoms with Crippen molar-refractivity contribution in [1.29, 1.82) is 0 Å². The first-order valence-electron chi connectivity index (χ1n) is 10.7. The molecule has 3 aromatic rings. The van der Waals surface area contributed by atoms with Crippen LogP contribution in [0.25, 0.3) is 11.4 Å². The monoisotopic (exact) mass is 472 g/mol. The van der Waals surface area contributed by atoms with Crippen molar-refractivity contribution in [2.75, 3.05) is 14.2 Å². The molecule has 0 unspecified atom stereocenters. The first kappa shape index (κ1) is 24.0. The summed E-state index contributed by atoms with van der Waals surface area (Å²) in [7, 11) is 3.45. The zero-order valence-electron chi connectivity index (χ0n) is 18.8. The second kappa shape index (κ2) is 11.3. The highest BCUT2D eigenvalue weighted by Gasteiger charge is 2.15. The molecule has 0 aliphatic carbocycles. The Hall–Kier alpha value is -2.64. The van der Waals surface area contributed by atoms with Gasteiger partial charge in [-0.15, -0.1) is 0 Å². The summed E-state index contributed by atoms with van der Waals surface area (Å²) in [5.74, 6) is 1.64. The third-order valence-electron chi connectivity index (χ3n) is 5.30. The number of nitrogens with zero attached hydrogens (tertiary/aromatic N) is 4. The Morgan fingerprint density at radius 2 is 1.81 bits per heavy atom. The van der Waals surface area contributed by atoms with Crippen LogP contribution in [0.4, 0.5) is 0 Å². The fourth-order valence-corrected chi connectivity index (χ4v) is 3.84. The van der Waals surface area contributed by atoms with E-state index in [9.17, 15) is 4.79 Å². The summed E-state index contributed by atoms with van der Waals surface area (Å²) in [6.07, 6.45) is 2.39. The summed E-state index contributed by atoms with van der Waals surface area (Å²) in [4.78, 5) is 14.5. The highest BCUT2D eigenvalue weighted by atomic mass is 35.5. The topological polar surface area (TPSA) is 52.3 Å². The van der Waals surface area contributed by atoms with Gasteiger partial charge in [0.1, 0.15) is 5.75 Å². The average Bonchev–Trinajstić information content (AvgIpc) is 3.12. The van der Waals surface area contributed by atoms with E-state index in [0.29, 0.717) is 29.3 Å². The molecule has 170 valence electrons. The van der Waals surface area contributed by atoms with Gasteiger partial charge in [0.2, 0.25) is 5.91 Å². The van der Waals surface area contributed by atoms with Crippen molar-refractivity contribution in [3.63, 3.8) is 0 Å². The summed E-state index contributed by atoms with van der Waals surface area (Å²) >= 11 is 11.7.